The minimum Gasteiger partial charge on any atom is -0.444 e. The molecule has 1 saturated heterocycles. The molecule has 1 aromatic rings. The van der Waals surface area contributed by atoms with Gasteiger partial charge in [0.05, 0.1) is 0 Å². The molecule has 2 aliphatic rings. The Morgan fingerprint density at radius 2 is 1.85 bits per heavy atom. The van der Waals surface area contributed by atoms with E-state index in [2.05, 4.69) is 0 Å². The molecule has 1 amide bonds. The topological polar surface area (TPSA) is 54.8 Å². The molecule has 3 rings (SSSR count). The molecule has 0 unspecified atom stereocenters. The number of pyridine rings is 1. The van der Waals surface area contributed by atoms with Crippen LogP contribution in [0, 0.1) is 11.7 Å². The number of amides is 1. The van der Waals surface area contributed by atoms with E-state index in [-0.39, 0.29) is 23.2 Å². The summed E-state index contributed by atoms with van der Waals surface area (Å²) in [5.74, 6) is 0.154. The van der Waals surface area contributed by atoms with Gasteiger partial charge >= 0.3 is 6.09 Å². The molecule has 0 spiro atoms. The Morgan fingerprint density at radius 3 is 2.37 bits per heavy atom. The van der Waals surface area contributed by atoms with E-state index >= 15 is 4.39 Å². The van der Waals surface area contributed by atoms with Crippen LogP contribution in [0.2, 0.25) is 0 Å². The van der Waals surface area contributed by atoms with Crippen LogP contribution in [-0.2, 0) is 17.7 Å². The van der Waals surface area contributed by atoms with Gasteiger partial charge in [0.2, 0.25) is 0 Å². The summed E-state index contributed by atoms with van der Waals surface area (Å²) in [7, 11) is 0. The maximum absolute atomic E-state index is 15.1. The highest BCUT2D eigenvalue weighted by molar-refractivity contribution is 5.68. The number of halogens is 1. The van der Waals surface area contributed by atoms with E-state index in [1.807, 2.05) is 27.7 Å². The third-order valence-electron chi connectivity index (χ3n) is 5.06. The quantitative estimate of drug-likeness (QED) is 0.807. The fourth-order valence-corrected chi connectivity index (χ4v) is 3.41. The second-order valence-electron chi connectivity index (χ2n) is 8.51. The van der Waals surface area contributed by atoms with Gasteiger partial charge in [-0.1, -0.05) is 0 Å². The molecule has 7 heteroatoms. The largest absolute Gasteiger partial charge is 0.444 e. The van der Waals surface area contributed by atoms with Crippen molar-refractivity contribution in [2.75, 3.05) is 31.1 Å². The second-order valence-corrected chi connectivity index (χ2v) is 8.51. The first kappa shape index (κ1) is 19.7. The summed E-state index contributed by atoms with van der Waals surface area (Å²) < 4.78 is 22.1. The molecule has 0 atom stereocenters. The normalized spacial score (nSPS) is 18.0. The van der Waals surface area contributed by atoms with Crippen molar-refractivity contribution in [1.29, 1.82) is 0 Å². The van der Waals surface area contributed by atoms with Crippen LogP contribution in [-0.4, -0.2) is 47.3 Å². The summed E-state index contributed by atoms with van der Waals surface area (Å²) in [5.41, 5.74) is -0.0607. The highest BCUT2D eigenvalue weighted by Crippen LogP contribution is 2.34. The van der Waals surface area contributed by atoms with Crippen molar-refractivity contribution in [3.63, 3.8) is 0 Å². The third-order valence-corrected chi connectivity index (χ3v) is 5.06. The van der Waals surface area contributed by atoms with Crippen molar-refractivity contribution >= 4 is 11.8 Å². The number of ether oxygens (including phenoxy) is 1. The predicted molar refractivity (Wildman–Crippen MR) is 103 cm³/mol. The number of aromatic nitrogens is 1. The van der Waals surface area contributed by atoms with E-state index in [9.17, 15) is 9.59 Å². The van der Waals surface area contributed by atoms with Crippen LogP contribution >= 0.6 is 0 Å². The first-order chi connectivity index (χ1) is 12.7. The number of piperazine rings is 1. The van der Waals surface area contributed by atoms with Crippen molar-refractivity contribution in [1.82, 2.24) is 9.47 Å². The van der Waals surface area contributed by atoms with E-state index in [1.54, 1.807) is 20.6 Å². The summed E-state index contributed by atoms with van der Waals surface area (Å²) in [6, 6.07) is 0. The lowest BCUT2D eigenvalue weighted by atomic mass is 10.1. The lowest BCUT2D eigenvalue weighted by Crippen LogP contribution is -2.51. The van der Waals surface area contributed by atoms with Gasteiger partial charge in [0.25, 0.3) is 5.56 Å². The Bertz CT molecular complexity index is 757. The van der Waals surface area contributed by atoms with Crippen molar-refractivity contribution in [2.45, 2.75) is 59.1 Å². The molecule has 0 aromatic carbocycles. The van der Waals surface area contributed by atoms with Crippen LogP contribution in [0.1, 0.15) is 46.1 Å². The van der Waals surface area contributed by atoms with Crippen LogP contribution in [0.5, 0.6) is 0 Å². The maximum atomic E-state index is 15.1. The summed E-state index contributed by atoms with van der Waals surface area (Å²) in [5, 5.41) is 0. The molecule has 2 fully saturated rings. The number of nitrogens with zero attached hydrogens (tertiary/aromatic N) is 3. The molecular formula is C20H30FN3O3. The smallest absolute Gasteiger partial charge is 0.410 e. The van der Waals surface area contributed by atoms with Gasteiger partial charge in [-0.3, -0.25) is 4.79 Å². The first-order valence-corrected chi connectivity index (χ1v) is 9.84. The van der Waals surface area contributed by atoms with E-state index in [0.717, 1.165) is 12.8 Å². The molecule has 150 valence electrons. The molecule has 27 heavy (non-hydrogen) atoms. The van der Waals surface area contributed by atoms with Crippen LogP contribution in [0.4, 0.5) is 14.9 Å². The highest BCUT2D eigenvalue weighted by Gasteiger charge is 2.30. The molecule has 1 saturated carbocycles. The van der Waals surface area contributed by atoms with E-state index < -0.39 is 5.60 Å². The molecule has 0 radical (unpaired) electrons. The summed E-state index contributed by atoms with van der Waals surface area (Å²) in [4.78, 5) is 28.4. The van der Waals surface area contributed by atoms with Crippen LogP contribution in [0.3, 0.4) is 0 Å². The van der Waals surface area contributed by atoms with Gasteiger partial charge < -0.3 is 19.1 Å². The zero-order valence-corrected chi connectivity index (χ0v) is 16.8. The number of aryl methyl sites for hydroxylation is 1. The Hall–Kier alpha value is -2.05. The zero-order valence-electron chi connectivity index (χ0n) is 16.8. The molecule has 1 aromatic heterocycles. The molecule has 1 aliphatic heterocycles. The standard InChI is InChI=1S/C20H30FN3O3/c1-5-22-13-15(12-14-6-7-14)16(21)17(18(22)25)23-8-10-24(11-9-23)19(26)27-20(2,3)4/h13-14H,5-12H2,1-4H3. The van der Waals surface area contributed by atoms with Gasteiger partial charge in [0, 0.05) is 44.5 Å². The summed E-state index contributed by atoms with van der Waals surface area (Å²) in [6.07, 6.45) is 4.27. The average Bonchev–Trinajstić information content (AvgIpc) is 3.40. The van der Waals surface area contributed by atoms with E-state index in [1.165, 1.54) is 0 Å². The number of carbonyl (C=O) groups is 1. The monoisotopic (exact) mass is 379 g/mol. The third kappa shape index (κ3) is 4.62. The Kier molecular flexibility index (Phi) is 5.49. The fraction of sp³-hybridized carbons (Fsp3) is 0.700. The molecule has 6 nitrogen and oxygen atoms in total. The predicted octanol–water partition coefficient (Wildman–Crippen LogP) is 3.02. The van der Waals surface area contributed by atoms with Gasteiger partial charge in [-0.25, -0.2) is 9.18 Å². The van der Waals surface area contributed by atoms with Crippen molar-refractivity contribution < 1.29 is 13.9 Å². The van der Waals surface area contributed by atoms with Crippen LogP contribution in [0.25, 0.3) is 0 Å². The fourth-order valence-electron chi connectivity index (χ4n) is 3.41. The van der Waals surface area contributed by atoms with Crippen molar-refractivity contribution in [3.05, 3.63) is 27.9 Å². The number of anilines is 1. The molecular weight excluding hydrogens is 349 g/mol. The molecule has 0 bridgehead atoms. The summed E-state index contributed by atoms with van der Waals surface area (Å²) >= 11 is 0. The average molecular weight is 379 g/mol. The maximum Gasteiger partial charge on any atom is 0.410 e. The van der Waals surface area contributed by atoms with Crippen LogP contribution < -0.4 is 10.5 Å². The summed E-state index contributed by atoms with van der Waals surface area (Å²) in [6.45, 7) is 9.55. The molecule has 2 heterocycles. The SMILES string of the molecule is CCn1cc(CC2CC2)c(F)c(N2CCN(C(=O)OC(C)(C)C)CC2)c1=O. The lowest BCUT2D eigenvalue weighted by molar-refractivity contribution is 0.0240. The van der Waals surface area contributed by atoms with Crippen molar-refractivity contribution in [3.8, 4) is 0 Å². The van der Waals surface area contributed by atoms with Crippen molar-refractivity contribution in [2.24, 2.45) is 5.92 Å². The number of hydrogen-bond acceptors (Lipinski definition) is 4. The van der Waals surface area contributed by atoms with Gasteiger partial charge in [-0.15, -0.1) is 0 Å². The number of hydrogen-bond donors (Lipinski definition) is 0. The van der Waals surface area contributed by atoms with Gasteiger partial charge in [0.1, 0.15) is 11.3 Å². The van der Waals surface area contributed by atoms with E-state index in [0.29, 0.717) is 50.6 Å². The second kappa shape index (κ2) is 7.52. The molecule has 1 aliphatic carbocycles. The van der Waals surface area contributed by atoms with E-state index in [4.69, 9.17) is 4.74 Å². The van der Waals surface area contributed by atoms with Gasteiger partial charge in [0.15, 0.2) is 5.82 Å². The lowest BCUT2D eigenvalue weighted by Gasteiger charge is -2.36. The highest BCUT2D eigenvalue weighted by atomic mass is 19.1. The Morgan fingerprint density at radius 1 is 1.22 bits per heavy atom. The molecule has 0 N–H and O–H groups in total. The minimum atomic E-state index is -0.549. The minimum absolute atomic E-state index is 0.152. The van der Waals surface area contributed by atoms with Crippen LogP contribution in [0.15, 0.2) is 11.0 Å². The zero-order chi connectivity index (χ0) is 19.8. The first-order valence-electron chi connectivity index (χ1n) is 9.84. The van der Waals surface area contributed by atoms with Gasteiger partial charge in [-0.05, 0) is 52.9 Å². The Labute approximate surface area is 159 Å². The van der Waals surface area contributed by atoms with Gasteiger partial charge in [-0.2, -0.15) is 0 Å². The Balaban J connectivity index is 1.77. The number of carbonyl (C=O) groups excluding carboxylic acids is 1. The number of rotatable bonds is 4.